The molecule has 1 aromatic rings. The first-order chi connectivity index (χ1) is 9.06. The van der Waals surface area contributed by atoms with Crippen molar-refractivity contribution in [2.24, 2.45) is 12.2 Å². The molecular formula is C10H13N5O4. The molecule has 102 valence electrons. The number of carboxylic acids is 1. The van der Waals surface area contributed by atoms with Gasteiger partial charge in [0.15, 0.2) is 11.5 Å². The van der Waals surface area contributed by atoms with Gasteiger partial charge in [-0.3, -0.25) is 9.48 Å². The van der Waals surface area contributed by atoms with Crippen molar-refractivity contribution in [2.75, 3.05) is 6.54 Å². The van der Waals surface area contributed by atoms with Crippen LogP contribution in [0.3, 0.4) is 0 Å². The Kier molecular flexibility index (Phi) is 3.74. The van der Waals surface area contributed by atoms with Crippen LogP contribution in [0.15, 0.2) is 11.5 Å². The number of nitrogens with zero attached hydrogens (tertiary/aromatic N) is 4. The Hall–Kier alpha value is -2.45. The maximum absolute atomic E-state index is 11.7. The fourth-order valence-corrected chi connectivity index (χ4v) is 1.55. The molecule has 1 aromatic heterocycles. The Labute approximate surface area is 108 Å². The minimum absolute atomic E-state index is 0.0248. The minimum atomic E-state index is -1.17. The second kappa shape index (κ2) is 5.46. The number of carbonyl (C=O) groups is 2. The van der Waals surface area contributed by atoms with Gasteiger partial charge in [0.05, 0.1) is 0 Å². The van der Waals surface area contributed by atoms with Gasteiger partial charge >= 0.3 is 5.97 Å². The Morgan fingerprint density at radius 3 is 3.00 bits per heavy atom. The molecule has 0 fully saturated rings. The maximum Gasteiger partial charge on any atom is 0.353 e. The lowest BCUT2D eigenvalue weighted by Crippen LogP contribution is -2.36. The average molecular weight is 267 g/mol. The van der Waals surface area contributed by atoms with Crippen molar-refractivity contribution in [3.8, 4) is 0 Å². The van der Waals surface area contributed by atoms with E-state index < -0.39 is 18.0 Å². The van der Waals surface area contributed by atoms with E-state index in [0.29, 0.717) is 18.8 Å². The van der Waals surface area contributed by atoms with E-state index >= 15 is 0 Å². The first-order valence-corrected chi connectivity index (χ1v) is 5.64. The maximum atomic E-state index is 11.7. The van der Waals surface area contributed by atoms with Crippen LogP contribution in [-0.2, 0) is 27.9 Å². The zero-order valence-electron chi connectivity index (χ0n) is 10.2. The number of carbonyl (C=O) groups excluding carboxylic acids is 1. The third kappa shape index (κ3) is 3.27. The summed E-state index contributed by atoms with van der Waals surface area (Å²) in [6.07, 6.45) is 1.17. The first kappa shape index (κ1) is 13.0. The minimum Gasteiger partial charge on any atom is -0.477 e. The molecule has 0 saturated carbocycles. The molecule has 1 aliphatic heterocycles. The van der Waals surface area contributed by atoms with Crippen molar-refractivity contribution in [3.05, 3.63) is 12.2 Å². The van der Waals surface area contributed by atoms with Gasteiger partial charge in [0.25, 0.3) is 5.91 Å². The number of hydrogen-bond donors (Lipinski definition) is 2. The third-order valence-electron chi connectivity index (χ3n) is 2.50. The molecule has 2 heterocycles. The summed E-state index contributed by atoms with van der Waals surface area (Å²) >= 11 is 0. The van der Waals surface area contributed by atoms with Crippen LogP contribution in [0.5, 0.6) is 0 Å². The number of nitrogens with one attached hydrogen (secondary N) is 1. The first-order valence-electron chi connectivity index (χ1n) is 5.64. The standard InChI is InChI=1S/C10H13N5O4/c1-15-5-12-8(13-15)2-3-11-9(16)7-4-6(10(17)18)14-19-7/h5,7H,2-4H2,1H3,(H,11,16)(H,17,18). The summed E-state index contributed by atoms with van der Waals surface area (Å²) in [6, 6.07) is 0. The van der Waals surface area contributed by atoms with Crippen molar-refractivity contribution in [2.45, 2.75) is 18.9 Å². The molecule has 2 rings (SSSR count). The summed E-state index contributed by atoms with van der Waals surface area (Å²) in [5.74, 6) is -0.943. The highest BCUT2D eigenvalue weighted by atomic mass is 16.6. The monoisotopic (exact) mass is 267 g/mol. The zero-order valence-corrected chi connectivity index (χ0v) is 10.2. The molecule has 1 amide bonds. The molecule has 9 nitrogen and oxygen atoms in total. The second-order valence-corrected chi connectivity index (χ2v) is 4.02. The summed E-state index contributed by atoms with van der Waals surface area (Å²) < 4.78 is 1.57. The Morgan fingerprint density at radius 2 is 2.42 bits per heavy atom. The Bertz CT molecular complexity index is 524. The lowest BCUT2D eigenvalue weighted by molar-refractivity contribution is -0.131. The predicted octanol–water partition coefficient (Wildman–Crippen LogP) is -1.30. The van der Waals surface area contributed by atoms with Crippen LogP contribution in [0, 0.1) is 0 Å². The molecule has 19 heavy (non-hydrogen) atoms. The Morgan fingerprint density at radius 1 is 1.63 bits per heavy atom. The van der Waals surface area contributed by atoms with Gasteiger partial charge in [0, 0.05) is 26.4 Å². The van der Waals surface area contributed by atoms with E-state index in [4.69, 9.17) is 9.94 Å². The number of carboxylic acid groups (broad SMARTS) is 1. The van der Waals surface area contributed by atoms with E-state index in [2.05, 4.69) is 20.6 Å². The SMILES string of the molecule is Cn1cnc(CCNC(=O)C2CC(C(=O)O)=NO2)n1. The summed E-state index contributed by atoms with van der Waals surface area (Å²) in [5, 5.41) is 18.7. The van der Waals surface area contributed by atoms with Crippen molar-refractivity contribution < 1.29 is 19.5 Å². The van der Waals surface area contributed by atoms with Gasteiger partial charge in [-0.2, -0.15) is 5.10 Å². The summed E-state index contributed by atoms with van der Waals surface area (Å²) in [5.41, 5.74) is -0.147. The molecule has 1 unspecified atom stereocenters. The number of hydrogen-bond acceptors (Lipinski definition) is 6. The summed E-state index contributed by atoms with van der Waals surface area (Å²) in [7, 11) is 1.76. The molecule has 0 saturated heterocycles. The highest BCUT2D eigenvalue weighted by Gasteiger charge is 2.31. The van der Waals surface area contributed by atoms with E-state index in [1.54, 1.807) is 18.1 Å². The number of aryl methyl sites for hydroxylation is 1. The van der Waals surface area contributed by atoms with Crippen molar-refractivity contribution in [1.29, 1.82) is 0 Å². The Balaban J connectivity index is 1.73. The van der Waals surface area contributed by atoms with Crippen molar-refractivity contribution >= 4 is 17.6 Å². The molecule has 1 aliphatic rings. The number of oxime groups is 1. The highest BCUT2D eigenvalue weighted by molar-refractivity contribution is 6.36. The number of aliphatic carboxylic acids is 1. The number of aromatic nitrogens is 3. The van der Waals surface area contributed by atoms with Crippen LogP contribution in [-0.4, -0.2) is 50.1 Å². The summed E-state index contributed by atoms with van der Waals surface area (Å²) in [4.78, 5) is 31.0. The predicted molar refractivity (Wildman–Crippen MR) is 62.3 cm³/mol. The molecule has 1 atom stereocenters. The quantitative estimate of drug-likeness (QED) is 0.684. The molecule has 0 radical (unpaired) electrons. The number of amides is 1. The van der Waals surface area contributed by atoms with E-state index in [1.165, 1.54) is 0 Å². The third-order valence-corrected chi connectivity index (χ3v) is 2.50. The van der Waals surface area contributed by atoms with E-state index in [1.807, 2.05) is 0 Å². The van der Waals surface area contributed by atoms with Crippen LogP contribution < -0.4 is 5.32 Å². The van der Waals surface area contributed by atoms with E-state index in [-0.39, 0.29) is 12.1 Å². The van der Waals surface area contributed by atoms with Crippen molar-refractivity contribution in [1.82, 2.24) is 20.1 Å². The molecular weight excluding hydrogens is 254 g/mol. The average Bonchev–Trinajstić information content (AvgIpc) is 2.98. The smallest absolute Gasteiger partial charge is 0.353 e. The fourth-order valence-electron chi connectivity index (χ4n) is 1.55. The van der Waals surface area contributed by atoms with E-state index in [0.717, 1.165) is 0 Å². The van der Waals surface area contributed by atoms with Gasteiger partial charge in [-0.1, -0.05) is 5.16 Å². The van der Waals surface area contributed by atoms with Gasteiger partial charge in [0.1, 0.15) is 6.33 Å². The topological polar surface area (TPSA) is 119 Å². The van der Waals surface area contributed by atoms with Gasteiger partial charge < -0.3 is 15.3 Å². The van der Waals surface area contributed by atoms with Crippen LogP contribution in [0.25, 0.3) is 0 Å². The van der Waals surface area contributed by atoms with Gasteiger partial charge in [-0.15, -0.1) is 0 Å². The van der Waals surface area contributed by atoms with Gasteiger partial charge in [-0.05, 0) is 0 Å². The zero-order chi connectivity index (χ0) is 13.8. The van der Waals surface area contributed by atoms with E-state index in [9.17, 15) is 9.59 Å². The van der Waals surface area contributed by atoms with Gasteiger partial charge in [-0.25, -0.2) is 9.78 Å². The lowest BCUT2D eigenvalue weighted by atomic mass is 10.1. The summed E-state index contributed by atoms with van der Waals surface area (Å²) in [6.45, 7) is 0.352. The highest BCUT2D eigenvalue weighted by Crippen LogP contribution is 2.10. The van der Waals surface area contributed by atoms with Crippen molar-refractivity contribution in [3.63, 3.8) is 0 Å². The lowest BCUT2D eigenvalue weighted by Gasteiger charge is -2.08. The van der Waals surface area contributed by atoms with Crippen LogP contribution in [0.4, 0.5) is 0 Å². The van der Waals surface area contributed by atoms with Crippen LogP contribution in [0.1, 0.15) is 12.2 Å². The number of rotatable bonds is 5. The normalized spacial score (nSPS) is 17.7. The molecule has 9 heteroatoms. The molecule has 0 aromatic carbocycles. The van der Waals surface area contributed by atoms with Gasteiger partial charge in [0.2, 0.25) is 6.10 Å². The fraction of sp³-hybridized carbons (Fsp3) is 0.500. The van der Waals surface area contributed by atoms with Crippen LogP contribution >= 0.6 is 0 Å². The van der Waals surface area contributed by atoms with Crippen LogP contribution in [0.2, 0.25) is 0 Å². The molecule has 0 spiro atoms. The molecule has 2 N–H and O–H groups in total. The molecule has 0 bridgehead atoms. The largest absolute Gasteiger partial charge is 0.477 e. The molecule has 0 aliphatic carbocycles. The second-order valence-electron chi connectivity index (χ2n) is 4.02.